The molecule has 11 heterocycles. The van der Waals surface area contributed by atoms with Crippen molar-refractivity contribution in [1.82, 2.24) is 49.8 Å². The number of aromatic nitrogens is 5. The van der Waals surface area contributed by atoms with Crippen LogP contribution in [0, 0.1) is 40.5 Å². The molecule has 0 bridgehead atoms. The van der Waals surface area contributed by atoms with E-state index in [2.05, 4.69) is 71.4 Å². The van der Waals surface area contributed by atoms with Gasteiger partial charge in [-0.1, -0.05) is 36.4 Å². The molecule has 3 N–H and O–H groups in total. The van der Waals surface area contributed by atoms with E-state index < -0.39 is 38.0 Å². The number of amides is 2. The van der Waals surface area contributed by atoms with Crippen molar-refractivity contribution in [3.8, 4) is 0 Å². The van der Waals surface area contributed by atoms with Crippen LogP contribution < -0.4 is 11.1 Å². The fraction of sp³-hybridized carbons (Fsp3) is 0.456. The molecule has 1 saturated heterocycles. The second-order valence-corrected chi connectivity index (χ2v) is 27.0. The van der Waals surface area contributed by atoms with Gasteiger partial charge in [-0.05, 0) is 239 Å². The number of carbonyl (C=O) groups excluding carboxylic acids is 2. The number of nitrogens with one attached hydrogen (secondary N) is 1. The van der Waals surface area contributed by atoms with Gasteiger partial charge in [0.05, 0.1) is 23.4 Å². The lowest BCUT2D eigenvalue weighted by molar-refractivity contribution is -0.389. The lowest BCUT2D eigenvalue weighted by atomic mass is 9.76. The number of nitrogen functional groups attached to an aromatic ring is 1. The number of carbonyl (C=O) groups is 2. The molecule has 99 heavy (non-hydrogen) atoms. The standard InChI is InChI=1S/C16H28BNO4.C15H19N3O4.C11H13N3O2.C11H15N3.C10H11N3O2.C5H3ClN2O2/c1-14(2,3)20-13(19)18-10-8-9-12(11-18)17-21-15(4,5)16(6,7)22-17;1-15(2,3)22-14(19)17-9-5-6-11(10-17)12-7-4-8-13(16-12)18(20)21;1-13-7-3-4-9(8-13)10-5-2-6-11(12-10)14(15)16;1-14-7-3-4-9(8-14)10-5-2-6-11(12)13-10;14-13(15)10-5-1-4-9(12-10)8-3-2-6-11-7-8;6-4-2-1-3-5(7-4)8(9)10/h9H,8,10-11H2,1-7H3;4,6-8H,5,9-10H2,1-3H3;2,4-6H,3,7-8H2,1H3;2,4-6H,3,7-8H2,1H3,(H2,12,13);1,3-5,11H,2,6-7H2;1-3H. The fourth-order valence-electron chi connectivity index (χ4n) is 10.1. The van der Waals surface area contributed by atoms with E-state index in [4.69, 9.17) is 36.1 Å². The average Bonchev–Trinajstić information content (AvgIpc) is 1.52. The first-order valence-corrected chi connectivity index (χ1v) is 32.6. The summed E-state index contributed by atoms with van der Waals surface area (Å²) < 4.78 is 22.9. The molecule has 11 rings (SSSR count). The van der Waals surface area contributed by atoms with Gasteiger partial charge in [0.25, 0.3) is 0 Å². The highest BCUT2D eigenvalue weighted by Crippen LogP contribution is 2.39. The maximum Gasteiger partial charge on any atom is 0.492 e. The Balaban J connectivity index is 0.000000190. The van der Waals surface area contributed by atoms with Crippen molar-refractivity contribution in [3.05, 3.63) is 195 Å². The van der Waals surface area contributed by atoms with Crippen molar-refractivity contribution >= 4 is 82.3 Å². The van der Waals surface area contributed by atoms with Crippen LogP contribution in [0.4, 0.5) is 38.7 Å². The van der Waals surface area contributed by atoms with E-state index in [0.29, 0.717) is 55.5 Å². The molecule has 0 atom stereocenters. The van der Waals surface area contributed by atoms with Gasteiger partial charge in [0.15, 0.2) is 17.1 Å². The number of nitrogens with zero attached hydrogens (tertiary/aromatic N) is 13. The summed E-state index contributed by atoms with van der Waals surface area (Å²) in [6.45, 7) is 26.9. The Bertz CT molecular complexity index is 3820. The van der Waals surface area contributed by atoms with E-state index in [1.54, 1.807) is 40.1 Å². The summed E-state index contributed by atoms with van der Waals surface area (Å²) in [6.07, 6.45) is 14.3. The third-order valence-corrected chi connectivity index (χ3v) is 15.8. The molecule has 29 nitrogen and oxygen atoms in total. The summed E-state index contributed by atoms with van der Waals surface area (Å²) in [6, 6.07) is 24.4. The summed E-state index contributed by atoms with van der Waals surface area (Å²) in [4.78, 5) is 91.8. The van der Waals surface area contributed by atoms with Crippen molar-refractivity contribution in [2.75, 3.05) is 85.3 Å². The predicted molar refractivity (Wildman–Crippen MR) is 380 cm³/mol. The number of likely N-dealkylation sites (N-methyl/N-ethyl adjacent to an activating group) is 2. The van der Waals surface area contributed by atoms with Crippen molar-refractivity contribution < 1.29 is 48.1 Å². The zero-order valence-electron chi connectivity index (χ0n) is 58.2. The van der Waals surface area contributed by atoms with E-state index >= 15 is 0 Å². The molecule has 0 aliphatic carbocycles. The van der Waals surface area contributed by atoms with Crippen LogP contribution in [0.25, 0.3) is 22.3 Å². The van der Waals surface area contributed by atoms with Crippen LogP contribution in [0.15, 0.2) is 127 Å². The maximum atomic E-state index is 12.2. The number of nitrogens with two attached hydrogens (primary N) is 1. The normalized spacial score (nSPS) is 17.4. The molecule has 31 heteroatoms. The zero-order chi connectivity index (χ0) is 72.8. The molecule has 0 spiro atoms. The van der Waals surface area contributed by atoms with Crippen LogP contribution in [0.5, 0.6) is 0 Å². The van der Waals surface area contributed by atoms with Crippen LogP contribution in [0.1, 0.15) is 124 Å². The monoisotopic (exact) mass is 1390 g/mol. The molecule has 0 unspecified atom stereocenters. The minimum atomic E-state index is -0.591. The van der Waals surface area contributed by atoms with E-state index in [1.807, 2.05) is 107 Å². The number of halogens is 1. The quantitative estimate of drug-likeness (QED) is 0.0599. The number of anilines is 1. The van der Waals surface area contributed by atoms with Gasteiger partial charge in [-0.3, -0.25) is 0 Å². The van der Waals surface area contributed by atoms with Gasteiger partial charge in [-0.2, -0.15) is 0 Å². The van der Waals surface area contributed by atoms with Crippen molar-refractivity contribution in [3.63, 3.8) is 0 Å². The highest BCUT2D eigenvalue weighted by Gasteiger charge is 2.53. The summed E-state index contributed by atoms with van der Waals surface area (Å²) in [7, 11) is 3.76. The predicted octanol–water partition coefficient (Wildman–Crippen LogP) is 12.3. The molecule has 0 radical (unpaired) electrons. The number of hydrogen-bond donors (Lipinski definition) is 2. The second-order valence-electron chi connectivity index (χ2n) is 26.6. The van der Waals surface area contributed by atoms with Gasteiger partial charge < -0.3 is 89.9 Å². The Morgan fingerprint density at radius 2 is 0.879 bits per heavy atom. The molecule has 0 saturated carbocycles. The van der Waals surface area contributed by atoms with Gasteiger partial charge in [0.2, 0.25) is 5.15 Å². The van der Waals surface area contributed by atoms with E-state index in [-0.39, 0.29) is 51.8 Å². The van der Waals surface area contributed by atoms with E-state index in [9.17, 15) is 50.0 Å². The van der Waals surface area contributed by atoms with Crippen LogP contribution in [0.3, 0.4) is 0 Å². The summed E-state index contributed by atoms with van der Waals surface area (Å²) in [5, 5.41) is 45.3. The first-order chi connectivity index (χ1) is 46.6. The third-order valence-electron chi connectivity index (χ3n) is 15.6. The Hall–Kier alpha value is -9.46. The minimum Gasteiger partial charge on any atom is -0.444 e. The maximum absolute atomic E-state index is 12.2. The SMILES string of the molecule is CC(C)(C)OC(=O)N1CCC=C(B2OC(C)(C)C(C)(C)O2)C1.CC(C)(C)OC(=O)N1CCC=C(c2cccc([N+](=O)[O-])n2)C1.CN1CCC=C(c2cccc(N)n2)C1.CN1CCC=C(c2cccc([N+](=O)[O-])n2)C1.O=[N+]([O-])c1cccc(C2=CCCNC2)n1.O=[N+]([O-])c1cccc(Cl)n1. The molecule has 6 aliphatic heterocycles. The highest BCUT2D eigenvalue weighted by molar-refractivity contribution is 6.54. The lowest BCUT2D eigenvalue weighted by Gasteiger charge is -2.32. The second kappa shape index (κ2) is 35.9. The zero-order valence-corrected chi connectivity index (χ0v) is 59.0. The van der Waals surface area contributed by atoms with Gasteiger partial charge in [0.1, 0.15) is 17.0 Å². The Kier molecular flexibility index (Phi) is 28.5. The lowest BCUT2D eigenvalue weighted by Crippen LogP contribution is -2.42. The number of pyridine rings is 5. The number of nitro groups is 4. The molecule has 5 aromatic rings. The molecule has 1 fully saturated rings. The number of hydrogen-bond acceptors (Lipinski definition) is 23. The van der Waals surface area contributed by atoms with Crippen molar-refractivity contribution in [1.29, 1.82) is 0 Å². The first kappa shape index (κ1) is 78.5. The molecule has 0 aromatic carbocycles. The van der Waals surface area contributed by atoms with E-state index in [0.717, 1.165) is 92.8 Å². The van der Waals surface area contributed by atoms with Crippen LogP contribution in [-0.2, 0) is 18.8 Å². The highest BCUT2D eigenvalue weighted by atomic mass is 35.5. The van der Waals surface area contributed by atoms with Crippen LogP contribution in [0.2, 0.25) is 5.15 Å². The van der Waals surface area contributed by atoms with Gasteiger partial charge >= 0.3 is 42.6 Å². The van der Waals surface area contributed by atoms with Gasteiger partial charge in [-0.15, -0.1) is 0 Å². The van der Waals surface area contributed by atoms with E-state index in [1.165, 1.54) is 42.0 Å². The van der Waals surface area contributed by atoms with Crippen molar-refractivity contribution in [2.24, 2.45) is 0 Å². The minimum absolute atomic E-state index is 0.0911. The number of ether oxygens (including phenoxy) is 2. The average molecular weight is 1390 g/mol. The van der Waals surface area contributed by atoms with Crippen molar-refractivity contribution in [2.45, 2.75) is 124 Å². The largest absolute Gasteiger partial charge is 0.492 e. The summed E-state index contributed by atoms with van der Waals surface area (Å²) >= 11 is 5.37. The smallest absolute Gasteiger partial charge is 0.444 e. The van der Waals surface area contributed by atoms with Gasteiger partial charge in [-0.25, -0.2) is 14.6 Å². The first-order valence-electron chi connectivity index (χ1n) is 32.3. The molecule has 6 aliphatic rings. The summed E-state index contributed by atoms with van der Waals surface area (Å²) in [5.74, 6) is -0.0254. The van der Waals surface area contributed by atoms with Gasteiger partial charge in [0, 0.05) is 99.4 Å². The fourth-order valence-corrected chi connectivity index (χ4v) is 10.2. The molecule has 5 aromatic heterocycles. The molecular weight excluding hydrogens is 1300 g/mol. The topological polar surface area (TPSA) is 359 Å². The molecular formula is C68H89BClN15O14. The molecule has 530 valence electrons. The third kappa shape index (κ3) is 25.4. The Morgan fingerprint density at radius 1 is 0.515 bits per heavy atom. The molecule has 2 amide bonds. The van der Waals surface area contributed by atoms with Crippen LogP contribution in [-0.4, -0.2) is 185 Å². The Morgan fingerprint density at radius 3 is 1.26 bits per heavy atom. The Labute approximate surface area is 582 Å². The number of rotatable bonds is 9. The summed E-state index contributed by atoms with van der Waals surface area (Å²) in [5.41, 5.74) is 12.0. The van der Waals surface area contributed by atoms with Crippen LogP contribution >= 0.6 is 11.6 Å².